The van der Waals surface area contributed by atoms with Crippen molar-refractivity contribution < 1.29 is 18.3 Å². The largest absolute Gasteiger partial charge is 0.507 e. The Kier molecular flexibility index (Phi) is 4.46. The van der Waals surface area contributed by atoms with Gasteiger partial charge in [-0.25, -0.2) is 9.37 Å². The van der Waals surface area contributed by atoms with Crippen LogP contribution in [-0.4, -0.2) is 67.9 Å². The highest BCUT2D eigenvalue weighted by Crippen LogP contribution is 2.40. The molecule has 3 aliphatic rings. The molecule has 1 saturated carbocycles. The van der Waals surface area contributed by atoms with Gasteiger partial charge in [-0.3, -0.25) is 0 Å². The molecule has 10 heteroatoms. The average molecular weight is 467 g/mol. The van der Waals surface area contributed by atoms with E-state index >= 15 is 4.39 Å². The van der Waals surface area contributed by atoms with Crippen LogP contribution in [0.1, 0.15) is 36.2 Å². The minimum absolute atomic E-state index is 0.0609. The third-order valence-electron chi connectivity index (χ3n) is 6.98. The Bertz CT molecular complexity index is 1290. The third-order valence-corrected chi connectivity index (χ3v) is 6.98. The summed E-state index contributed by atoms with van der Waals surface area (Å²) in [6, 6.07) is 6.53. The number of phenolic OH excluding ortho intramolecular Hbond substituents is 1. The number of fused-ring (bicyclic) bond motifs is 2. The smallest absolute Gasteiger partial charge is 0.245 e. The van der Waals surface area contributed by atoms with E-state index in [-0.39, 0.29) is 29.8 Å². The summed E-state index contributed by atoms with van der Waals surface area (Å²) < 4.78 is 41.8. The number of alkyl halides is 1. The lowest BCUT2D eigenvalue weighted by Gasteiger charge is -2.40. The van der Waals surface area contributed by atoms with Crippen LogP contribution >= 0.6 is 0 Å². The number of aromatic hydroxyl groups is 1. The molecule has 2 bridgehead atoms. The van der Waals surface area contributed by atoms with Crippen molar-refractivity contribution in [3.8, 4) is 34.0 Å². The van der Waals surface area contributed by atoms with Gasteiger partial charge in [-0.2, -0.15) is 5.10 Å². The number of phenols is 1. The fourth-order valence-electron chi connectivity index (χ4n) is 5.17. The summed E-state index contributed by atoms with van der Waals surface area (Å²) in [6.07, 6.45) is 6.57. The molecule has 2 aromatic heterocycles. The number of aromatic nitrogens is 5. The molecule has 1 aromatic carbocycles. The predicted molar refractivity (Wildman–Crippen MR) is 123 cm³/mol. The molecule has 0 spiro atoms. The van der Waals surface area contributed by atoms with Crippen LogP contribution < -0.4 is 15.0 Å². The van der Waals surface area contributed by atoms with Crippen LogP contribution in [0.2, 0.25) is 0 Å². The molecular weight excluding hydrogens is 437 g/mol. The van der Waals surface area contributed by atoms with E-state index in [9.17, 15) is 5.11 Å². The Morgan fingerprint density at radius 3 is 2.79 bits per heavy atom. The van der Waals surface area contributed by atoms with Crippen molar-refractivity contribution in [3.05, 3.63) is 36.7 Å². The van der Waals surface area contributed by atoms with Crippen LogP contribution in [0.15, 0.2) is 36.7 Å². The molecular formula is C24H26FN7O2. The van der Waals surface area contributed by atoms with E-state index < -0.39 is 13.2 Å². The number of rotatable bonds is 6. The van der Waals surface area contributed by atoms with Crippen LogP contribution in [-0.2, 0) is 0 Å². The minimum atomic E-state index is -2.65. The number of ether oxygens (including phenoxy) is 1. The van der Waals surface area contributed by atoms with Gasteiger partial charge in [0.05, 0.1) is 29.6 Å². The van der Waals surface area contributed by atoms with Crippen molar-refractivity contribution >= 4 is 5.95 Å². The van der Waals surface area contributed by atoms with E-state index in [4.69, 9.17) is 8.85 Å². The first-order valence-corrected chi connectivity index (χ1v) is 11.5. The van der Waals surface area contributed by atoms with E-state index in [1.165, 1.54) is 18.3 Å². The molecule has 176 valence electrons. The Hall–Kier alpha value is -3.40. The molecule has 0 unspecified atom stereocenters. The highest BCUT2D eigenvalue weighted by Gasteiger charge is 2.48. The third kappa shape index (κ3) is 3.81. The highest BCUT2D eigenvalue weighted by atomic mass is 19.1. The number of anilines is 1. The Balaban J connectivity index is 1.23. The molecule has 2 aliphatic heterocycles. The van der Waals surface area contributed by atoms with E-state index in [0.29, 0.717) is 34.4 Å². The lowest BCUT2D eigenvalue weighted by molar-refractivity contribution is 0.171. The number of piperidine rings is 1. The van der Waals surface area contributed by atoms with Gasteiger partial charge in [0.25, 0.3) is 0 Å². The van der Waals surface area contributed by atoms with Gasteiger partial charge in [0.15, 0.2) is 0 Å². The number of hydrogen-bond acceptors (Lipinski definition) is 9. The van der Waals surface area contributed by atoms with E-state index in [1.54, 1.807) is 18.3 Å². The van der Waals surface area contributed by atoms with Gasteiger partial charge in [0, 0.05) is 35.3 Å². The number of nitrogens with zero attached hydrogens (tertiary/aromatic N) is 6. The number of hydrogen-bond donors (Lipinski definition) is 2. The summed E-state index contributed by atoms with van der Waals surface area (Å²) in [5.41, 5.74) is 1.91. The zero-order valence-electron chi connectivity index (χ0n) is 21.3. The maximum atomic E-state index is 15.3. The highest BCUT2D eigenvalue weighted by molar-refractivity contribution is 5.74. The quantitative estimate of drug-likeness (QED) is 0.567. The van der Waals surface area contributed by atoms with Crippen LogP contribution in [0.4, 0.5) is 10.3 Å². The zero-order chi connectivity index (χ0) is 25.7. The molecule has 3 aromatic rings. The number of halogens is 1. The molecule has 3 fully saturated rings. The summed E-state index contributed by atoms with van der Waals surface area (Å²) in [7, 11) is -2.65. The van der Waals surface area contributed by atoms with Crippen molar-refractivity contribution in [2.45, 2.75) is 62.4 Å². The van der Waals surface area contributed by atoms with Gasteiger partial charge in [-0.15, -0.1) is 15.3 Å². The van der Waals surface area contributed by atoms with Gasteiger partial charge in [0.2, 0.25) is 11.8 Å². The van der Waals surface area contributed by atoms with Gasteiger partial charge < -0.3 is 20.1 Å². The first-order chi connectivity index (χ1) is 17.7. The van der Waals surface area contributed by atoms with Crippen molar-refractivity contribution in [2.75, 3.05) is 11.9 Å². The topological polar surface area (TPSA) is 109 Å². The van der Waals surface area contributed by atoms with Crippen molar-refractivity contribution in [3.63, 3.8) is 0 Å². The summed E-state index contributed by atoms with van der Waals surface area (Å²) in [5.74, 6) is 0.208. The number of nitrogens with one attached hydrogen (secondary N) is 1. The Labute approximate surface area is 200 Å². The maximum Gasteiger partial charge on any atom is 0.245 e. The van der Waals surface area contributed by atoms with Crippen LogP contribution in [0.5, 0.6) is 11.6 Å². The summed E-state index contributed by atoms with van der Waals surface area (Å²) in [6.45, 7) is 0. The van der Waals surface area contributed by atoms with Crippen molar-refractivity contribution in [1.82, 2.24) is 30.7 Å². The molecule has 6 rings (SSSR count). The van der Waals surface area contributed by atoms with Gasteiger partial charge in [0.1, 0.15) is 17.6 Å². The second kappa shape index (κ2) is 8.43. The van der Waals surface area contributed by atoms with Crippen molar-refractivity contribution in [2.24, 2.45) is 0 Å². The van der Waals surface area contributed by atoms with Gasteiger partial charge in [-0.05, 0) is 49.8 Å². The summed E-state index contributed by atoms with van der Waals surface area (Å²) in [5, 5.41) is 30.2. The molecule has 2 saturated heterocycles. The van der Waals surface area contributed by atoms with E-state index in [0.717, 1.165) is 32.1 Å². The normalized spacial score (nSPS) is 27.5. The summed E-state index contributed by atoms with van der Waals surface area (Å²) in [4.78, 5) is 6.55. The fraction of sp³-hybridized carbons (Fsp3) is 0.458. The maximum absolute atomic E-state index is 15.3. The predicted octanol–water partition coefficient (Wildman–Crippen LogP) is 2.91. The molecule has 9 nitrogen and oxygen atoms in total. The molecule has 4 atom stereocenters. The second-order valence-corrected chi connectivity index (χ2v) is 9.19. The molecule has 0 radical (unpaired) electrons. The Morgan fingerprint density at radius 1 is 1.12 bits per heavy atom. The van der Waals surface area contributed by atoms with Crippen LogP contribution in [0.25, 0.3) is 22.4 Å². The SMILES string of the molecule is [2H]C([2H])([2H])Oc1cc(-c2ccc(-c3cnc(N(C4CC4)[C@H]4C[C@@H]5CC[C@H](N5)[C@H]4F)nn3)c(O)c2)cnn1. The first-order valence-electron chi connectivity index (χ1n) is 13.0. The minimum Gasteiger partial charge on any atom is -0.507 e. The average Bonchev–Trinajstić information content (AvgIpc) is 3.61. The summed E-state index contributed by atoms with van der Waals surface area (Å²) >= 11 is 0. The Morgan fingerprint density at radius 2 is 2.03 bits per heavy atom. The van der Waals surface area contributed by atoms with Crippen LogP contribution in [0, 0.1) is 0 Å². The molecule has 1 aliphatic carbocycles. The zero-order valence-corrected chi connectivity index (χ0v) is 18.3. The lowest BCUT2D eigenvalue weighted by atomic mass is 9.96. The first kappa shape index (κ1) is 18.0. The van der Waals surface area contributed by atoms with E-state index in [2.05, 4.69) is 30.7 Å². The van der Waals surface area contributed by atoms with E-state index in [1.807, 2.05) is 4.90 Å². The second-order valence-electron chi connectivity index (χ2n) is 9.19. The molecule has 2 N–H and O–H groups in total. The molecule has 34 heavy (non-hydrogen) atoms. The molecule has 0 amide bonds. The van der Waals surface area contributed by atoms with Crippen molar-refractivity contribution in [1.29, 1.82) is 0 Å². The van der Waals surface area contributed by atoms with Crippen LogP contribution in [0.3, 0.4) is 0 Å². The monoisotopic (exact) mass is 466 g/mol. The van der Waals surface area contributed by atoms with Gasteiger partial charge >= 0.3 is 0 Å². The lowest BCUT2D eigenvalue weighted by Crippen LogP contribution is -2.57. The fourth-order valence-corrected chi connectivity index (χ4v) is 5.17. The number of methoxy groups -OCH3 is 1. The number of benzene rings is 1. The van der Waals surface area contributed by atoms with Gasteiger partial charge in [-0.1, -0.05) is 6.07 Å². The molecule has 4 heterocycles. The standard InChI is InChI=1S/C24H26FN7O2/c1-34-22-9-14(11-27-30-22)13-2-6-17(21(33)8-13)19-12-26-24(31-29-19)32(16-4-5-16)20-10-15-3-7-18(28-15)23(20)25/h2,6,8-9,11-12,15-16,18,20,23,28,33H,3-5,7,10H2,1H3/t15-,18-,20-,23+/m0/s1/i1D3.